The predicted molar refractivity (Wildman–Crippen MR) is 97.9 cm³/mol. The largest absolute Gasteiger partial charge is 0.480 e. The van der Waals surface area contributed by atoms with Crippen molar-refractivity contribution in [3.05, 3.63) is 11.8 Å². The summed E-state index contributed by atoms with van der Waals surface area (Å²) in [6.45, 7) is 3.93. The number of carbonyl (C=O) groups is 3. The topological polar surface area (TPSA) is 187 Å². The minimum atomic E-state index is -1.43. The van der Waals surface area contributed by atoms with Crippen molar-refractivity contribution in [2.24, 2.45) is 0 Å². The van der Waals surface area contributed by atoms with E-state index in [2.05, 4.69) is 39.0 Å². The van der Waals surface area contributed by atoms with Gasteiger partial charge in [-0.3, -0.25) is 0 Å². The second-order valence-electron chi connectivity index (χ2n) is 5.35. The lowest BCUT2D eigenvalue weighted by Gasteiger charge is -2.16. The molecule has 12 heteroatoms. The van der Waals surface area contributed by atoms with Crippen molar-refractivity contribution < 1.29 is 34.1 Å². The fourth-order valence-electron chi connectivity index (χ4n) is 1.51. The number of likely N-dealkylation sites (N-methyl/N-ethyl adjacent to an activating group) is 1. The van der Waals surface area contributed by atoms with E-state index in [1.165, 1.54) is 20.8 Å². The third kappa shape index (κ3) is 11.6. The summed E-state index contributed by atoms with van der Waals surface area (Å²) in [4.78, 5) is 31.8. The Morgan fingerprint density at radius 1 is 1.21 bits per heavy atom. The number of aromatic nitrogens is 2. The molecule has 1 rings (SSSR count). The Hall–Kier alpha value is -3.01. The van der Waals surface area contributed by atoms with E-state index in [4.69, 9.17) is 14.6 Å². The molecule has 0 radical (unpaired) electrons. The van der Waals surface area contributed by atoms with E-state index in [1.807, 2.05) is 0 Å². The number of urea groups is 1. The summed E-state index contributed by atoms with van der Waals surface area (Å²) in [5.74, 6) is -0.942. The highest BCUT2D eigenvalue weighted by Crippen LogP contribution is 2.09. The van der Waals surface area contributed by atoms with E-state index >= 15 is 0 Å². The zero-order chi connectivity index (χ0) is 22.3. The van der Waals surface area contributed by atoms with Crippen molar-refractivity contribution in [2.75, 3.05) is 13.7 Å². The van der Waals surface area contributed by atoms with E-state index in [9.17, 15) is 19.5 Å². The van der Waals surface area contributed by atoms with Crippen LogP contribution in [0.25, 0.3) is 0 Å². The van der Waals surface area contributed by atoms with Gasteiger partial charge in [-0.05, 0) is 27.8 Å². The molecule has 6 N–H and O–H groups in total. The second kappa shape index (κ2) is 15.1. The van der Waals surface area contributed by atoms with Crippen LogP contribution in [-0.4, -0.2) is 69.1 Å². The molecule has 12 nitrogen and oxygen atoms in total. The van der Waals surface area contributed by atoms with E-state index in [0.717, 1.165) is 0 Å². The van der Waals surface area contributed by atoms with Gasteiger partial charge in [-0.25, -0.2) is 9.59 Å². The zero-order valence-corrected chi connectivity index (χ0v) is 16.2. The first-order valence-corrected chi connectivity index (χ1v) is 7.98. The van der Waals surface area contributed by atoms with Crippen molar-refractivity contribution in [1.29, 1.82) is 0 Å². The van der Waals surface area contributed by atoms with Crippen LogP contribution in [0, 0.1) is 12.8 Å². The van der Waals surface area contributed by atoms with Crippen molar-refractivity contribution in [3.8, 4) is 12.8 Å². The lowest BCUT2D eigenvalue weighted by molar-refractivity contribution is -0.141. The predicted octanol–water partition coefficient (Wildman–Crippen LogP) is -1.20. The van der Waals surface area contributed by atoms with E-state index < -0.39 is 30.2 Å². The fourth-order valence-corrected chi connectivity index (χ4v) is 1.51. The van der Waals surface area contributed by atoms with E-state index in [0.29, 0.717) is 0 Å². The number of terminal acetylenes is 1. The molecule has 0 bridgehead atoms. The summed E-state index contributed by atoms with van der Waals surface area (Å²) in [7, 11) is 1.61. The van der Waals surface area contributed by atoms with Crippen molar-refractivity contribution in [1.82, 2.24) is 26.1 Å². The number of carboxylic acid groups (broad SMARTS) is 1. The maximum absolute atomic E-state index is 11.5. The third-order valence-corrected chi connectivity index (χ3v) is 2.75. The van der Waals surface area contributed by atoms with Crippen LogP contribution in [-0.2, 0) is 16.1 Å². The Morgan fingerprint density at radius 2 is 1.75 bits per heavy atom. The van der Waals surface area contributed by atoms with E-state index in [1.54, 1.807) is 7.05 Å². The van der Waals surface area contributed by atoms with Gasteiger partial charge >= 0.3 is 12.0 Å². The minimum absolute atomic E-state index is 0.0859. The molecule has 28 heavy (non-hydrogen) atoms. The van der Waals surface area contributed by atoms with Gasteiger partial charge in [0.25, 0.3) is 0 Å². The summed E-state index contributed by atoms with van der Waals surface area (Å²) in [5, 5.41) is 41.7. The van der Waals surface area contributed by atoms with Crippen LogP contribution in [0.2, 0.25) is 0 Å². The third-order valence-electron chi connectivity index (χ3n) is 2.75. The van der Waals surface area contributed by atoms with Crippen LogP contribution >= 0.6 is 0 Å². The Morgan fingerprint density at radius 3 is 2.14 bits per heavy atom. The highest BCUT2D eigenvalue weighted by Gasteiger charge is 2.25. The Kier molecular flexibility index (Phi) is 14.7. The Bertz CT molecular complexity index is 622. The number of aliphatic hydroxyl groups excluding tert-OH is 2. The lowest BCUT2D eigenvalue weighted by Crippen LogP contribution is -2.51. The second-order valence-corrected chi connectivity index (χ2v) is 5.35. The summed E-state index contributed by atoms with van der Waals surface area (Å²) >= 11 is 0. The molecule has 0 aliphatic rings. The van der Waals surface area contributed by atoms with Crippen molar-refractivity contribution in [3.63, 3.8) is 0 Å². The molecule has 0 aliphatic carbocycles. The molecule has 2 amide bonds. The maximum Gasteiger partial charge on any atom is 0.328 e. The standard InChI is InChI=1S/C11H19N5O6.C3H6O.C2H2/c1-5(18)8(10(19)20)14-11(21)13-3-7-15-16-9(22-7)6(4-17)12-2;1-3(2)4;1-2/h5-6,8,12,17-18H,3-4H2,1-2H3,(H,19,20)(H2,13,14,21);1-2H3;1-2H/t5?,6-,8?;;/m0../s1. The number of aliphatic carboxylic acids is 1. The van der Waals surface area contributed by atoms with E-state index in [-0.39, 0.29) is 30.7 Å². The number of carboxylic acids is 1. The van der Waals surface area contributed by atoms with Gasteiger partial charge in [0, 0.05) is 0 Å². The summed E-state index contributed by atoms with van der Waals surface area (Å²) in [6.07, 6.45) is 6.75. The molecule has 3 atom stereocenters. The molecule has 0 fully saturated rings. The number of rotatable bonds is 8. The normalized spacial score (nSPS) is 12.7. The average molecular weight is 401 g/mol. The fraction of sp³-hybridized carbons (Fsp3) is 0.562. The molecule has 0 spiro atoms. The van der Waals surface area contributed by atoms with Crippen LogP contribution < -0.4 is 16.0 Å². The number of nitrogens with zero attached hydrogens (tertiary/aromatic N) is 2. The highest BCUT2D eigenvalue weighted by atomic mass is 16.4. The van der Waals surface area contributed by atoms with Gasteiger partial charge in [0.15, 0.2) is 6.04 Å². The van der Waals surface area contributed by atoms with Crippen LogP contribution in [0.4, 0.5) is 4.79 Å². The number of ketones is 1. The van der Waals surface area contributed by atoms with Gasteiger partial charge < -0.3 is 40.5 Å². The molecule has 0 saturated heterocycles. The number of hydrogen-bond donors (Lipinski definition) is 6. The average Bonchev–Trinajstić information content (AvgIpc) is 3.08. The van der Waals surface area contributed by atoms with Gasteiger partial charge in [0.1, 0.15) is 11.8 Å². The lowest BCUT2D eigenvalue weighted by atomic mass is 10.2. The molecule has 1 heterocycles. The SMILES string of the molecule is C#C.CC(C)=O.CN[C@@H](CO)c1nnc(CNC(=O)NC(C(=O)O)C(C)O)o1. The number of aliphatic hydroxyl groups is 2. The summed E-state index contributed by atoms with van der Waals surface area (Å²) < 4.78 is 5.22. The smallest absolute Gasteiger partial charge is 0.328 e. The summed E-state index contributed by atoms with van der Waals surface area (Å²) in [6, 6.07) is -2.75. The Balaban J connectivity index is 0. The first-order chi connectivity index (χ1) is 13.1. The number of carbonyl (C=O) groups excluding carboxylic acids is 2. The van der Waals surface area contributed by atoms with Gasteiger partial charge in [-0.15, -0.1) is 23.0 Å². The molecule has 0 aliphatic heterocycles. The van der Waals surface area contributed by atoms with Gasteiger partial charge in [-0.2, -0.15) is 0 Å². The van der Waals surface area contributed by atoms with Crippen LogP contribution in [0.5, 0.6) is 0 Å². The minimum Gasteiger partial charge on any atom is -0.480 e. The van der Waals surface area contributed by atoms with Crippen molar-refractivity contribution >= 4 is 17.8 Å². The van der Waals surface area contributed by atoms with Crippen LogP contribution in [0.15, 0.2) is 4.42 Å². The first kappa shape index (κ1) is 27.2. The zero-order valence-electron chi connectivity index (χ0n) is 16.2. The first-order valence-electron chi connectivity index (χ1n) is 7.98. The maximum atomic E-state index is 11.5. The molecule has 2 unspecified atom stereocenters. The molecule has 1 aromatic rings. The Labute approximate surface area is 162 Å². The molecule has 158 valence electrons. The molecular weight excluding hydrogens is 374 g/mol. The van der Waals surface area contributed by atoms with Gasteiger partial charge in [0.05, 0.1) is 19.3 Å². The molecule has 0 saturated carbocycles. The van der Waals surface area contributed by atoms with Crippen LogP contribution in [0.1, 0.15) is 38.6 Å². The monoisotopic (exact) mass is 401 g/mol. The molecule has 1 aromatic heterocycles. The summed E-state index contributed by atoms with van der Waals surface area (Å²) in [5.41, 5.74) is 0. The van der Waals surface area contributed by atoms with Gasteiger partial charge in [-0.1, -0.05) is 0 Å². The highest BCUT2D eigenvalue weighted by molar-refractivity contribution is 5.82. The van der Waals surface area contributed by atoms with Gasteiger partial charge in [0.2, 0.25) is 11.8 Å². The quantitative estimate of drug-likeness (QED) is 0.289. The number of Topliss-reactive ketones (excluding diaryl/α,β-unsaturated/α-hetero) is 1. The van der Waals surface area contributed by atoms with Crippen molar-refractivity contribution in [2.45, 2.75) is 45.5 Å². The van der Waals surface area contributed by atoms with Crippen LogP contribution in [0.3, 0.4) is 0 Å². The number of nitrogens with one attached hydrogen (secondary N) is 3. The molecular formula is C16H27N5O7. The number of amides is 2. The number of hydrogen-bond acceptors (Lipinski definition) is 9. The molecule has 0 aromatic carbocycles.